The van der Waals surface area contributed by atoms with E-state index in [-0.39, 0.29) is 0 Å². The molecule has 2 rings (SSSR count). The van der Waals surface area contributed by atoms with Gasteiger partial charge in [-0.15, -0.1) is 0 Å². The lowest BCUT2D eigenvalue weighted by Crippen LogP contribution is -2.30. The van der Waals surface area contributed by atoms with Crippen LogP contribution in [0.4, 0.5) is 0 Å². The van der Waals surface area contributed by atoms with Crippen LogP contribution in [0.1, 0.15) is 57.9 Å². The third-order valence-electron chi connectivity index (χ3n) is 4.37. The number of hydrogen-bond donors (Lipinski definition) is 1. The van der Waals surface area contributed by atoms with Gasteiger partial charge in [0.15, 0.2) is 0 Å². The van der Waals surface area contributed by atoms with Gasteiger partial charge >= 0.3 is 0 Å². The second kappa shape index (κ2) is 8.31. The normalized spacial score (nSPS) is 22.1. The van der Waals surface area contributed by atoms with E-state index in [2.05, 4.69) is 43.4 Å². The van der Waals surface area contributed by atoms with Gasteiger partial charge in [0.25, 0.3) is 0 Å². The Bertz CT molecular complexity index is 374. The molecule has 0 amide bonds. The quantitative estimate of drug-likeness (QED) is 0.704. The molecule has 112 valence electrons. The molecule has 1 fully saturated rings. The van der Waals surface area contributed by atoms with Crippen molar-refractivity contribution in [1.29, 1.82) is 0 Å². The fourth-order valence-electron chi connectivity index (χ4n) is 2.94. The van der Waals surface area contributed by atoms with Gasteiger partial charge in [0.05, 0.1) is 6.61 Å². The third-order valence-corrected chi connectivity index (χ3v) is 4.37. The molecule has 1 aromatic carbocycles. The molecule has 0 heterocycles. The summed E-state index contributed by atoms with van der Waals surface area (Å²) in [5.41, 5.74) is 1.35. The van der Waals surface area contributed by atoms with E-state index in [1.807, 2.05) is 0 Å². The van der Waals surface area contributed by atoms with Gasteiger partial charge in [-0.25, -0.2) is 0 Å². The molecule has 0 spiro atoms. The maximum absolute atomic E-state index is 5.74. The van der Waals surface area contributed by atoms with Gasteiger partial charge in [-0.3, -0.25) is 0 Å². The van der Waals surface area contributed by atoms with Gasteiger partial charge < -0.3 is 10.1 Å². The molecule has 0 radical (unpaired) electrons. The zero-order valence-corrected chi connectivity index (χ0v) is 13.0. The standard InChI is InChI=1S/C18H29NO/c1-3-4-5-13-20-17-11-9-16(10-12-17)14-19-18-8-6-7-15(18)2/h9-12,15,18-19H,3-8,13-14H2,1-2H3. The second-order valence-electron chi connectivity index (χ2n) is 6.10. The molecule has 1 aliphatic carbocycles. The summed E-state index contributed by atoms with van der Waals surface area (Å²) in [6.07, 6.45) is 7.74. The maximum atomic E-state index is 5.74. The first-order valence-electron chi connectivity index (χ1n) is 8.24. The Hall–Kier alpha value is -1.02. The van der Waals surface area contributed by atoms with Crippen LogP contribution in [0.3, 0.4) is 0 Å². The van der Waals surface area contributed by atoms with Crippen LogP contribution in [0.5, 0.6) is 5.75 Å². The van der Waals surface area contributed by atoms with Crippen LogP contribution < -0.4 is 10.1 Å². The van der Waals surface area contributed by atoms with Crippen LogP contribution in [0, 0.1) is 5.92 Å². The first-order valence-corrected chi connectivity index (χ1v) is 8.24. The summed E-state index contributed by atoms with van der Waals surface area (Å²) in [5.74, 6) is 1.83. The van der Waals surface area contributed by atoms with Gasteiger partial charge in [0.2, 0.25) is 0 Å². The van der Waals surface area contributed by atoms with E-state index in [0.29, 0.717) is 6.04 Å². The van der Waals surface area contributed by atoms with Crippen LogP contribution in [0.25, 0.3) is 0 Å². The summed E-state index contributed by atoms with van der Waals surface area (Å²) in [5, 5.41) is 3.69. The number of hydrogen-bond acceptors (Lipinski definition) is 2. The monoisotopic (exact) mass is 275 g/mol. The first-order chi connectivity index (χ1) is 9.79. The predicted molar refractivity (Wildman–Crippen MR) is 85.1 cm³/mol. The molecule has 20 heavy (non-hydrogen) atoms. The summed E-state index contributed by atoms with van der Waals surface area (Å²) in [7, 11) is 0. The Labute approximate surface area is 123 Å². The lowest BCUT2D eigenvalue weighted by atomic mass is 10.1. The summed E-state index contributed by atoms with van der Waals surface area (Å²) < 4.78 is 5.74. The molecular weight excluding hydrogens is 246 g/mol. The molecule has 2 heteroatoms. The predicted octanol–water partition coefficient (Wildman–Crippen LogP) is 4.53. The third kappa shape index (κ3) is 4.82. The minimum absolute atomic E-state index is 0.708. The van der Waals surface area contributed by atoms with Crippen molar-refractivity contribution in [3.8, 4) is 5.75 Å². The van der Waals surface area contributed by atoms with Crippen molar-refractivity contribution in [3.05, 3.63) is 29.8 Å². The van der Waals surface area contributed by atoms with Crippen molar-refractivity contribution in [2.75, 3.05) is 6.61 Å². The molecule has 2 unspecified atom stereocenters. The second-order valence-corrected chi connectivity index (χ2v) is 6.10. The minimum atomic E-state index is 0.708. The SMILES string of the molecule is CCCCCOc1ccc(CNC2CCCC2C)cc1. The van der Waals surface area contributed by atoms with Crippen LogP contribution >= 0.6 is 0 Å². The molecule has 0 saturated heterocycles. The molecule has 1 saturated carbocycles. The van der Waals surface area contributed by atoms with E-state index in [1.165, 1.54) is 37.7 Å². The number of rotatable bonds is 8. The summed E-state index contributed by atoms with van der Waals surface area (Å²) in [6, 6.07) is 9.27. The van der Waals surface area contributed by atoms with Crippen molar-refractivity contribution < 1.29 is 4.74 Å². The van der Waals surface area contributed by atoms with E-state index in [1.54, 1.807) is 0 Å². The molecule has 0 aromatic heterocycles. The van der Waals surface area contributed by atoms with Crippen molar-refractivity contribution in [3.63, 3.8) is 0 Å². The fourth-order valence-corrected chi connectivity index (χ4v) is 2.94. The van der Waals surface area contributed by atoms with E-state index in [4.69, 9.17) is 4.74 Å². The van der Waals surface area contributed by atoms with E-state index < -0.39 is 0 Å². The van der Waals surface area contributed by atoms with Gasteiger partial charge in [-0.05, 0) is 42.9 Å². The van der Waals surface area contributed by atoms with Crippen molar-refractivity contribution >= 4 is 0 Å². The molecule has 1 aliphatic rings. The Morgan fingerprint density at radius 2 is 1.95 bits per heavy atom. The highest BCUT2D eigenvalue weighted by Gasteiger charge is 2.22. The average Bonchev–Trinajstić information content (AvgIpc) is 2.88. The van der Waals surface area contributed by atoms with Crippen molar-refractivity contribution in [1.82, 2.24) is 5.32 Å². The number of benzene rings is 1. The maximum Gasteiger partial charge on any atom is 0.119 e. The van der Waals surface area contributed by atoms with Gasteiger partial charge in [0.1, 0.15) is 5.75 Å². The Morgan fingerprint density at radius 1 is 1.15 bits per heavy atom. The molecule has 0 bridgehead atoms. The average molecular weight is 275 g/mol. The van der Waals surface area contributed by atoms with Gasteiger partial charge in [-0.1, -0.05) is 45.2 Å². The lowest BCUT2D eigenvalue weighted by Gasteiger charge is -2.17. The fraction of sp³-hybridized carbons (Fsp3) is 0.667. The molecule has 2 atom stereocenters. The highest BCUT2D eigenvalue weighted by atomic mass is 16.5. The Kier molecular flexibility index (Phi) is 6.38. The highest BCUT2D eigenvalue weighted by Crippen LogP contribution is 2.25. The first kappa shape index (κ1) is 15.4. The Balaban J connectivity index is 1.71. The zero-order chi connectivity index (χ0) is 14.2. The summed E-state index contributed by atoms with van der Waals surface area (Å²) >= 11 is 0. The van der Waals surface area contributed by atoms with Crippen molar-refractivity contribution in [2.45, 2.75) is 65.0 Å². The molecule has 2 nitrogen and oxygen atoms in total. The smallest absolute Gasteiger partial charge is 0.119 e. The van der Waals surface area contributed by atoms with Crippen LogP contribution in [-0.2, 0) is 6.54 Å². The van der Waals surface area contributed by atoms with Gasteiger partial charge in [-0.2, -0.15) is 0 Å². The highest BCUT2D eigenvalue weighted by molar-refractivity contribution is 5.27. The van der Waals surface area contributed by atoms with Gasteiger partial charge in [0, 0.05) is 12.6 Å². The number of nitrogens with one attached hydrogen (secondary N) is 1. The Morgan fingerprint density at radius 3 is 2.60 bits per heavy atom. The lowest BCUT2D eigenvalue weighted by molar-refractivity contribution is 0.306. The van der Waals surface area contributed by atoms with Crippen LogP contribution in [0.15, 0.2) is 24.3 Å². The van der Waals surface area contributed by atoms with E-state index in [0.717, 1.165) is 31.2 Å². The largest absolute Gasteiger partial charge is 0.494 e. The number of ether oxygens (including phenoxy) is 1. The molecule has 1 N–H and O–H groups in total. The van der Waals surface area contributed by atoms with E-state index >= 15 is 0 Å². The molecule has 0 aliphatic heterocycles. The minimum Gasteiger partial charge on any atom is -0.494 e. The van der Waals surface area contributed by atoms with E-state index in [9.17, 15) is 0 Å². The van der Waals surface area contributed by atoms with Crippen molar-refractivity contribution in [2.24, 2.45) is 5.92 Å². The van der Waals surface area contributed by atoms with Crippen LogP contribution in [0.2, 0.25) is 0 Å². The van der Waals surface area contributed by atoms with Crippen LogP contribution in [-0.4, -0.2) is 12.6 Å². The summed E-state index contributed by atoms with van der Waals surface area (Å²) in [6.45, 7) is 6.39. The zero-order valence-electron chi connectivity index (χ0n) is 13.0. The topological polar surface area (TPSA) is 21.3 Å². The number of unbranched alkanes of at least 4 members (excludes halogenated alkanes) is 2. The molecule has 1 aromatic rings. The molecular formula is C18H29NO. The summed E-state index contributed by atoms with van der Waals surface area (Å²) in [4.78, 5) is 0.